The minimum Gasteiger partial charge on any atom is -0.394 e. The van der Waals surface area contributed by atoms with Crippen LogP contribution in [0.4, 0.5) is 11.4 Å². The third kappa shape index (κ3) is 2.63. The van der Waals surface area contributed by atoms with Gasteiger partial charge < -0.3 is 10.4 Å². The molecule has 2 rings (SSSR count). The third-order valence-electron chi connectivity index (χ3n) is 3.06. The highest BCUT2D eigenvalue weighted by Gasteiger charge is 2.15. The summed E-state index contributed by atoms with van der Waals surface area (Å²) in [5, 5.41) is 24.6. The lowest BCUT2D eigenvalue weighted by Gasteiger charge is -2.17. The van der Waals surface area contributed by atoms with Gasteiger partial charge in [-0.15, -0.1) is 0 Å². The van der Waals surface area contributed by atoms with E-state index in [-0.39, 0.29) is 18.3 Å². The lowest BCUT2D eigenvalue weighted by Crippen LogP contribution is -2.22. The second-order valence-corrected chi connectivity index (χ2v) is 4.24. The number of anilines is 1. The Hall–Kier alpha value is -2.21. The van der Waals surface area contributed by atoms with E-state index in [1.807, 2.05) is 6.92 Å². The van der Waals surface area contributed by atoms with Crippen LogP contribution in [0.25, 0.3) is 10.8 Å². The van der Waals surface area contributed by atoms with E-state index < -0.39 is 4.92 Å². The maximum Gasteiger partial charge on any atom is 0.278 e. The number of rotatable bonds is 5. The molecule has 0 aliphatic carbocycles. The normalized spacial score (nSPS) is 12.3. The van der Waals surface area contributed by atoms with E-state index in [0.717, 1.165) is 17.5 Å². The fourth-order valence-electron chi connectivity index (χ4n) is 1.96. The van der Waals surface area contributed by atoms with Crippen LogP contribution in [0, 0.1) is 10.1 Å². The molecule has 0 spiro atoms. The summed E-state index contributed by atoms with van der Waals surface area (Å²) in [6, 6.07) is 4.78. The standard InChI is InChI=1S/C13H15N3O3/c1-2-9(8-17)15-12-3-4-13(16(18)19)11-7-14-6-5-10(11)12/h3-7,9,15,17H,2,8H2,1H3/t9-/m0/s1. The zero-order chi connectivity index (χ0) is 13.8. The largest absolute Gasteiger partial charge is 0.394 e. The SMILES string of the molecule is CC[C@@H](CO)Nc1ccc([N+](=O)[O-])c2cnccc12. The quantitative estimate of drug-likeness (QED) is 0.637. The maximum atomic E-state index is 11.0. The Morgan fingerprint density at radius 2 is 2.21 bits per heavy atom. The van der Waals surface area contributed by atoms with Crippen LogP contribution in [0.2, 0.25) is 0 Å². The van der Waals surface area contributed by atoms with Crippen molar-refractivity contribution >= 4 is 22.1 Å². The first-order chi connectivity index (χ1) is 9.17. The van der Waals surface area contributed by atoms with Gasteiger partial charge in [0.2, 0.25) is 0 Å². The molecule has 1 heterocycles. The van der Waals surface area contributed by atoms with Crippen LogP contribution in [0.5, 0.6) is 0 Å². The van der Waals surface area contributed by atoms with Crippen LogP contribution in [0.1, 0.15) is 13.3 Å². The van der Waals surface area contributed by atoms with Crippen molar-refractivity contribution in [3.8, 4) is 0 Å². The van der Waals surface area contributed by atoms with Gasteiger partial charge in [0, 0.05) is 35.6 Å². The number of nitro benzene ring substituents is 1. The summed E-state index contributed by atoms with van der Waals surface area (Å²) in [7, 11) is 0. The number of fused-ring (bicyclic) bond motifs is 1. The highest BCUT2D eigenvalue weighted by molar-refractivity contribution is 5.99. The summed E-state index contributed by atoms with van der Waals surface area (Å²) in [4.78, 5) is 14.5. The fraction of sp³-hybridized carbons (Fsp3) is 0.308. The number of non-ortho nitro benzene ring substituents is 1. The number of pyridine rings is 1. The second kappa shape index (κ2) is 5.62. The van der Waals surface area contributed by atoms with E-state index in [9.17, 15) is 15.2 Å². The minimum atomic E-state index is -0.420. The summed E-state index contributed by atoms with van der Waals surface area (Å²) < 4.78 is 0. The number of benzene rings is 1. The lowest BCUT2D eigenvalue weighted by molar-refractivity contribution is -0.383. The van der Waals surface area contributed by atoms with E-state index in [1.54, 1.807) is 18.3 Å². The number of nitro groups is 1. The average Bonchev–Trinajstić information content (AvgIpc) is 2.44. The van der Waals surface area contributed by atoms with Crippen molar-refractivity contribution in [2.75, 3.05) is 11.9 Å². The van der Waals surface area contributed by atoms with Gasteiger partial charge >= 0.3 is 0 Å². The molecule has 0 amide bonds. The zero-order valence-corrected chi connectivity index (χ0v) is 10.5. The molecule has 1 atom stereocenters. The van der Waals surface area contributed by atoms with Crippen molar-refractivity contribution < 1.29 is 10.0 Å². The number of aliphatic hydroxyl groups is 1. The molecular formula is C13H15N3O3. The van der Waals surface area contributed by atoms with Crippen LogP contribution in [0.3, 0.4) is 0 Å². The maximum absolute atomic E-state index is 11.0. The van der Waals surface area contributed by atoms with Gasteiger partial charge in [-0.05, 0) is 18.6 Å². The number of nitrogens with one attached hydrogen (secondary N) is 1. The summed E-state index contributed by atoms with van der Waals surface area (Å²) in [5.41, 5.74) is 0.801. The minimum absolute atomic E-state index is 0.0140. The number of hydrogen-bond acceptors (Lipinski definition) is 5. The topological polar surface area (TPSA) is 88.3 Å². The molecule has 0 bridgehead atoms. The predicted octanol–water partition coefficient (Wildman–Crippen LogP) is 2.33. The summed E-state index contributed by atoms with van der Waals surface area (Å²) >= 11 is 0. The van der Waals surface area contributed by atoms with Crippen molar-refractivity contribution in [3.63, 3.8) is 0 Å². The third-order valence-corrected chi connectivity index (χ3v) is 3.06. The Morgan fingerprint density at radius 3 is 2.84 bits per heavy atom. The summed E-state index contributed by atoms with van der Waals surface area (Å²) in [6.07, 6.45) is 3.84. The van der Waals surface area contributed by atoms with Gasteiger partial charge in [-0.25, -0.2) is 0 Å². The van der Waals surface area contributed by atoms with Gasteiger partial charge in [-0.1, -0.05) is 6.92 Å². The molecule has 0 fully saturated rings. The summed E-state index contributed by atoms with van der Waals surface area (Å²) in [6.45, 7) is 1.98. The molecule has 0 unspecified atom stereocenters. The molecule has 2 aromatic rings. The fourth-order valence-corrected chi connectivity index (χ4v) is 1.96. The Labute approximate surface area is 110 Å². The average molecular weight is 261 g/mol. The first-order valence-electron chi connectivity index (χ1n) is 6.06. The van der Waals surface area contributed by atoms with E-state index in [2.05, 4.69) is 10.3 Å². The van der Waals surface area contributed by atoms with Crippen molar-refractivity contribution in [2.45, 2.75) is 19.4 Å². The number of aromatic nitrogens is 1. The number of nitrogens with zero attached hydrogens (tertiary/aromatic N) is 2. The predicted molar refractivity (Wildman–Crippen MR) is 73.2 cm³/mol. The van der Waals surface area contributed by atoms with Gasteiger partial charge in [-0.2, -0.15) is 0 Å². The van der Waals surface area contributed by atoms with E-state index in [4.69, 9.17) is 0 Å². The van der Waals surface area contributed by atoms with Gasteiger partial charge in [0.1, 0.15) is 0 Å². The molecule has 0 aliphatic heterocycles. The van der Waals surface area contributed by atoms with Gasteiger partial charge in [0.05, 0.1) is 16.9 Å². The van der Waals surface area contributed by atoms with Crippen molar-refractivity contribution in [3.05, 3.63) is 40.7 Å². The Balaban J connectivity index is 2.52. The molecular weight excluding hydrogens is 246 g/mol. The molecule has 2 N–H and O–H groups in total. The molecule has 100 valence electrons. The first kappa shape index (κ1) is 13.2. The molecule has 6 heteroatoms. The second-order valence-electron chi connectivity index (χ2n) is 4.24. The van der Waals surface area contributed by atoms with E-state index in [0.29, 0.717) is 5.39 Å². The van der Waals surface area contributed by atoms with Gasteiger partial charge in [0.15, 0.2) is 0 Å². The molecule has 0 aliphatic rings. The molecule has 0 radical (unpaired) electrons. The van der Waals surface area contributed by atoms with Gasteiger partial charge in [0.25, 0.3) is 5.69 Å². The van der Waals surface area contributed by atoms with Crippen molar-refractivity contribution in [2.24, 2.45) is 0 Å². The van der Waals surface area contributed by atoms with Crippen molar-refractivity contribution in [1.29, 1.82) is 0 Å². The smallest absolute Gasteiger partial charge is 0.278 e. The van der Waals surface area contributed by atoms with Crippen molar-refractivity contribution in [1.82, 2.24) is 4.98 Å². The number of aliphatic hydroxyl groups excluding tert-OH is 1. The molecule has 0 saturated heterocycles. The molecule has 1 aromatic carbocycles. The van der Waals surface area contributed by atoms with Gasteiger partial charge in [-0.3, -0.25) is 15.1 Å². The highest BCUT2D eigenvalue weighted by Crippen LogP contribution is 2.31. The molecule has 0 saturated carbocycles. The molecule has 1 aromatic heterocycles. The Morgan fingerprint density at radius 1 is 1.42 bits per heavy atom. The Kier molecular flexibility index (Phi) is 3.91. The van der Waals surface area contributed by atoms with Crippen LogP contribution < -0.4 is 5.32 Å². The van der Waals surface area contributed by atoms with Crippen LogP contribution in [0.15, 0.2) is 30.6 Å². The lowest BCUT2D eigenvalue weighted by atomic mass is 10.1. The molecule has 19 heavy (non-hydrogen) atoms. The van der Waals surface area contributed by atoms with Crippen LogP contribution in [-0.2, 0) is 0 Å². The monoisotopic (exact) mass is 261 g/mol. The van der Waals surface area contributed by atoms with E-state index in [1.165, 1.54) is 12.3 Å². The highest BCUT2D eigenvalue weighted by atomic mass is 16.6. The first-order valence-corrected chi connectivity index (χ1v) is 6.06. The van der Waals surface area contributed by atoms with Crippen LogP contribution in [-0.4, -0.2) is 27.7 Å². The Bertz CT molecular complexity index is 597. The van der Waals surface area contributed by atoms with E-state index >= 15 is 0 Å². The van der Waals surface area contributed by atoms with Crippen LogP contribution >= 0.6 is 0 Å². The molecule has 6 nitrogen and oxygen atoms in total. The number of hydrogen-bond donors (Lipinski definition) is 2. The zero-order valence-electron chi connectivity index (χ0n) is 10.5. The summed E-state index contributed by atoms with van der Waals surface area (Å²) in [5.74, 6) is 0.